The van der Waals surface area contributed by atoms with Crippen molar-refractivity contribution in [1.82, 2.24) is 25.2 Å². The normalized spacial score (nSPS) is 32.0. The Labute approximate surface area is 145 Å². The van der Waals surface area contributed by atoms with Crippen molar-refractivity contribution in [3.05, 3.63) is 11.9 Å². The molecule has 3 aliphatic rings. The molecule has 0 radical (unpaired) electrons. The molecule has 10 heteroatoms. The first-order valence-corrected chi connectivity index (χ1v) is 8.52. The van der Waals surface area contributed by atoms with Crippen LogP contribution in [0.25, 0.3) is 0 Å². The summed E-state index contributed by atoms with van der Waals surface area (Å²) in [7, 11) is 1.62. The maximum Gasteiger partial charge on any atom is 0.317 e. The van der Waals surface area contributed by atoms with Gasteiger partial charge >= 0.3 is 6.03 Å². The molecule has 3 fully saturated rings. The van der Waals surface area contributed by atoms with E-state index in [1.807, 2.05) is 6.20 Å². The first-order valence-electron chi connectivity index (χ1n) is 8.52. The Hall–Kier alpha value is -1.75. The summed E-state index contributed by atoms with van der Waals surface area (Å²) in [4.78, 5) is 14.1. The third-order valence-electron chi connectivity index (χ3n) is 4.82. The lowest BCUT2D eigenvalue weighted by Gasteiger charge is -2.29. The smallest absolute Gasteiger partial charge is 0.317 e. The molecule has 4 atom stereocenters. The zero-order chi connectivity index (χ0) is 17.2. The van der Waals surface area contributed by atoms with E-state index in [0.29, 0.717) is 46.1 Å². The summed E-state index contributed by atoms with van der Waals surface area (Å²) in [5.41, 5.74) is 0.765. The molecule has 0 saturated carbocycles. The summed E-state index contributed by atoms with van der Waals surface area (Å²) < 4.78 is 23.9. The molecule has 3 saturated heterocycles. The van der Waals surface area contributed by atoms with Crippen molar-refractivity contribution in [2.45, 2.75) is 30.9 Å². The highest BCUT2D eigenvalue weighted by atomic mass is 16.6. The van der Waals surface area contributed by atoms with E-state index >= 15 is 0 Å². The Balaban J connectivity index is 1.37. The van der Waals surface area contributed by atoms with E-state index in [0.717, 1.165) is 5.69 Å². The van der Waals surface area contributed by atoms with Crippen LogP contribution in [-0.2, 0) is 25.6 Å². The fourth-order valence-corrected chi connectivity index (χ4v) is 3.54. The second-order valence-corrected chi connectivity index (χ2v) is 6.44. The number of ether oxygens (including phenoxy) is 4. The van der Waals surface area contributed by atoms with E-state index in [9.17, 15) is 4.79 Å². The zero-order valence-electron chi connectivity index (χ0n) is 14.2. The molecule has 1 N–H and O–H groups in total. The summed E-state index contributed by atoms with van der Waals surface area (Å²) in [5.74, 6) is 0. The highest BCUT2D eigenvalue weighted by Crippen LogP contribution is 2.34. The second kappa shape index (κ2) is 7.24. The number of aromatic nitrogens is 3. The monoisotopic (exact) mass is 353 g/mol. The number of fused-ring (bicyclic) bond motifs is 1. The average Bonchev–Trinajstić information content (AvgIpc) is 3.33. The number of nitrogens with zero attached hydrogens (tertiary/aromatic N) is 4. The van der Waals surface area contributed by atoms with Crippen LogP contribution in [0, 0.1) is 0 Å². The Morgan fingerprint density at radius 2 is 2.12 bits per heavy atom. The van der Waals surface area contributed by atoms with Gasteiger partial charge in [-0.3, -0.25) is 0 Å². The predicted molar refractivity (Wildman–Crippen MR) is 84.0 cm³/mol. The molecular formula is C15H23N5O5. The van der Waals surface area contributed by atoms with Crippen molar-refractivity contribution in [3.8, 4) is 0 Å². The molecule has 4 rings (SSSR count). The van der Waals surface area contributed by atoms with Gasteiger partial charge in [-0.05, 0) is 0 Å². The van der Waals surface area contributed by atoms with E-state index in [4.69, 9.17) is 18.9 Å². The highest BCUT2D eigenvalue weighted by molar-refractivity contribution is 5.74. The molecule has 1 aromatic rings. The van der Waals surface area contributed by atoms with Crippen LogP contribution in [0.2, 0.25) is 0 Å². The van der Waals surface area contributed by atoms with Crippen molar-refractivity contribution in [2.24, 2.45) is 0 Å². The Morgan fingerprint density at radius 3 is 2.92 bits per heavy atom. The predicted octanol–water partition coefficient (Wildman–Crippen LogP) is -0.826. The van der Waals surface area contributed by atoms with Crippen LogP contribution in [-0.4, -0.2) is 90.8 Å². The lowest BCUT2D eigenvalue weighted by atomic mass is 10.1. The van der Waals surface area contributed by atoms with Crippen molar-refractivity contribution in [3.63, 3.8) is 0 Å². The van der Waals surface area contributed by atoms with Crippen molar-refractivity contribution in [2.75, 3.05) is 46.6 Å². The number of rotatable bonds is 4. The van der Waals surface area contributed by atoms with Crippen LogP contribution in [0.15, 0.2) is 6.20 Å². The quantitative estimate of drug-likeness (QED) is 0.754. The summed E-state index contributed by atoms with van der Waals surface area (Å²) >= 11 is 0. The highest BCUT2D eigenvalue weighted by Gasteiger charge is 2.49. The summed E-state index contributed by atoms with van der Waals surface area (Å²) in [6, 6.07) is -0.298. The molecule has 1 aromatic heterocycles. The van der Waals surface area contributed by atoms with Gasteiger partial charge in [0.05, 0.1) is 45.3 Å². The van der Waals surface area contributed by atoms with Gasteiger partial charge in [-0.2, -0.15) is 0 Å². The summed E-state index contributed by atoms with van der Waals surface area (Å²) in [6.07, 6.45) is 1.53. The number of carbonyl (C=O) groups is 1. The van der Waals surface area contributed by atoms with Gasteiger partial charge in [-0.1, -0.05) is 5.21 Å². The molecule has 0 aliphatic carbocycles. The first-order chi connectivity index (χ1) is 12.3. The fraction of sp³-hybridized carbons (Fsp3) is 0.800. The number of amides is 2. The topological polar surface area (TPSA) is 100.0 Å². The number of carbonyl (C=O) groups excluding carboxylic acids is 1. The number of hydrogen-bond acceptors (Lipinski definition) is 7. The van der Waals surface area contributed by atoms with Crippen LogP contribution in [0.3, 0.4) is 0 Å². The van der Waals surface area contributed by atoms with Crippen LogP contribution < -0.4 is 5.32 Å². The van der Waals surface area contributed by atoms with Gasteiger partial charge < -0.3 is 29.2 Å². The number of urea groups is 1. The molecule has 2 amide bonds. The van der Waals surface area contributed by atoms with Gasteiger partial charge in [0.2, 0.25) is 0 Å². The number of nitrogens with one attached hydrogen (secondary N) is 1. The molecule has 3 aliphatic heterocycles. The molecular weight excluding hydrogens is 330 g/mol. The van der Waals surface area contributed by atoms with Crippen LogP contribution >= 0.6 is 0 Å². The molecule has 138 valence electrons. The van der Waals surface area contributed by atoms with Crippen molar-refractivity contribution >= 4 is 6.03 Å². The molecule has 0 bridgehead atoms. The van der Waals surface area contributed by atoms with Crippen LogP contribution in [0.4, 0.5) is 4.79 Å². The number of methoxy groups -OCH3 is 1. The molecule has 0 aromatic carbocycles. The van der Waals surface area contributed by atoms with Crippen molar-refractivity contribution in [1.29, 1.82) is 0 Å². The van der Waals surface area contributed by atoms with E-state index in [-0.39, 0.29) is 30.3 Å². The van der Waals surface area contributed by atoms with Gasteiger partial charge in [0.25, 0.3) is 0 Å². The molecule has 0 spiro atoms. The van der Waals surface area contributed by atoms with Crippen molar-refractivity contribution < 1.29 is 23.7 Å². The van der Waals surface area contributed by atoms with E-state index in [2.05, 4.69) is 15.6 Å². The summed E-state index contributed by atoms with van der Waals surface area (Å²) in [5, 5.41) is 11.3. The second-order valence-electron chi connectivity index (χ2n) is 6.44. The van der Waals surface area contributed by atoms with Gasteiger partial charge in [-0.15, -0.1) is 5.10 Å². The molecule has 10 nitrogen and oxygen atoms in total. The van der Waals surface area contributed by atoms with E-state index < -0.39 is 0 Å². The van der Waals surface area contributed by atoms with Gasteiger partial charge in [-0.25, -0.2) is 9.48 Å². The Bertz CT molecular complexity index is 605. The zero-order valence-corrected chi connectivity index (χ0v) is 14.2. The lowest BCUT2D eigenvalue weighted by Crippen LogP contribution is -2.52. The van der Waals surface area contributed by atoms with E-state index in [1.54, 1.807) is 16.7 Å². The van der Waals surface area contributed by atoms with Gasteiger partial charge in [0, 0.05) is 20.2 Å². The van der Waals surface area contributed by atoms with Gasteiger partial charge in [0.1, 0.15) is 23.9 Å². The first kappa shape index (κ1) is 16.7. The minimum atomic E-state index is -0.176. The lowest BCUT2D eigenvalue weighted by molar-refractivity contribution is 0.0485. The minimum absolute atomic E-state index is 0.0478. The Morgan fingerprint density at radius 1 is 1.32 bits per heavy atom. The van der Waals surface area contributed by atoms with Crippen LogP contribution in [0.5, 0.6) is 0 Å². The Kier molecular flexibility index (Phi) is 4.84. The maximum atomic E-state index is 12.4. The maximum absolute atomic E-state index is 12.4. The third kappa shape index (κ3) is 3.34. The largest absolute Gasteiger partial charge is 0.378 e. The average molecular weight is 353 g/mol. The van der Waals surface area contributed by atoms with E-state index in [1.165, 1.54) is 0 Å². The molecule has 25 heavy (non-hydrogen) atoms. The third-order valence-corrected chi connectivity index (χ3v) is 4.82. The standard InChI is InChI=1S/C15H23N5O5/c1-22-7-10-6-20(18-17-10)12-9-25-13-11(8-24-14(12)13)16-15(21)19-2-4-23-5-3-19/h6,11-14H,2-5,7-9H2,1H3,(H,16,21)/t11-,12+,13-,14+/m0/s1. The number of morpholine rings is 1. The minimum Gasteiger partial charge on any atom is -0.378 e. The molecule has 4 heterocycles. The molecule has 0 unspecified atom stereocenters. The SMILES string of the molecule is COCc1cn([C@@H]2CO[C@@H]3[C@@H]2OC[C@@H]3NC(=O)N2CCOCC2)nn1. The summed E-state index contributed by atoms with van der Waals surface area (Å²) in [6.45, 7) is 3.71. The fourth-order valence-electron chi connectivity index (χ4n) is 3.54. The number of hydrogen-bond donors (Lipinski definition) is 1. The van der Waals surface area contributed by atoms with Crippen LogP contribution in [0.1, 0.15) is 11.7 Å². The van der Waals surface area contributed by atoms with Gasteiger partial charge in [0.15, 0.2) is 0 Å².